The first-order chi connectivity index (χ1) is 17.2. The minimum Gasteiger partial charge on any atom is -0.490 e. The predicted octanol–water partition coefficient (Wildman–Crippen LogP) is 0.420. The Hall–Kier alpha value is -4.48. The van der Waals surface area contributed by atoms with Crippen molar-refractivity contribution >= 4 is 29.4 Å². The quantitative estimate of drug-likeness (QED) is 0.241. The molecule has 1 aliphatic heterocycles. The van der Waals surface area contributed by atoms with Gasteiger partial charge in [0.15, 0.2) is 5.75 Å². The average molecular weight is 498 g/mol. The number of carbonyl (C=O) groups excluding carboxylic acids is 4. The highest BCUT2D eigenvalue weighted by Gasteiger charge is 2.35. The van der Waals surface area contributed by atoms with Gasteiger partial charge in [-0.05, 0) is 17.2 Å². The van der Waals surface area contributed by atoms with E-state index >= 15 is 0 Å². The molecule has 0 radical (unpaired) electrons. The van der Waals surface area contributed by atoms with Crippen molar-refractivity contribution in [1.29, 1.82) is 0 Å². The Morgan fingerprint density at radius 3 is 2.33 bits per heavy atom. The van der Waals surface area contributed by atoms with Gasteiger partial charge in [-0.3, -0.25) is 24.5 Å². The first-order valence-electron chi connectivity index (χ1n) is 11.0. The van der Waals surface area contributed by atoms with Crippen molar-refractivity contribution < 1.29 is 33.6 Å². The van der Waals surface area contributed by atoms with Crippen LogP contribution in [0.15, 0.2) is 48.5 Å². The van der Waals surface area contributed by atoms with Crippen molar-refractivity contribution in [1.82, 2.24) is 16.0 Å². The summed E-state index contributed by atoms with van der Waals surface area (Å²) in [5.74, 6) is -2.36. The van der Waals surface area contributed by atoms with Crippen molar-refractivity contribution in [3.05, 3.63) is 69.8 Å². The van der Waals surface area contributed by atoms with E-state index in [-0.39, 0.29) is 17.9 Å². The smallest absolute Gasteiger partial charge is 0.328 e. The lowest BCUT2D eigenvalue weighted by Crippen LogP contribution is -2.63. The molecule has 3 N–H and O–H groups in total. The molecule has 3 rings (SSSR count). The van der Waals surface area contributed by atoms with E-state index < -0.39 is 53.2 Å². The van der Waals surface area contributed by atoms with Gasteiger partial charge >= 0.3 is 11.7 Å². The van der Waals surface area contributed by atoms with Crippen LogP contribution in [-0.2, 0) is 36.8 Å². The predicted molar refractivity (Wildman–Crippen MR) is 126 cm³/mol. The van der Waals surface area contributed by atoms with Crippen molar-refractivity contribution in [2.45, 2.75) is 37.4 Å². The maximum absolute atomic E-state index is 12.7. The van der Waals surface area contributed by atoms with Crippen molar-refractivity contribution in [2.75, 3.05) is 14.2 Å². The summed E-state index contributed by atoms with van der Waals surface area (Å²) in [5.41, 5.74) is 0.955. The van der Waals surface area contributed by atoms with Crippen LogP contribution in [0, 0.1) is 10.1 Å². The molecule has 1 aliphatic rings. The van der Waals surface area contributed by atoms with Gasteiger partial charge in [0.1, 0.15) is 18.1 Å². The monoisotopic (exact) mass is 498 g/mol. The number of hydrogen-bond donors (Lipinski definition) is 3. The highest BCUT2D eigenvalue weighted by Crippen LogP contribution is 2.28. The molecule has 12 nitrogen and oxygen atoms in total. The Kier molecular flexibility index (Phi) is 8.55. The molecule has 1 heterocycles. The lowest BCUT2D eigenvalue weighted by atomic mass is 10.0. The molecule has 3 atom stereocenters. The highest BCUT2D eigenvalue weighted by atomic mass is 16.6. The second kappa shape index (κ2) is 11.8. The van der Waals surface area contributed by atoms with E-state index in [2.05, 4.69) is 16.0 Å². The number of nitro benzene ring substituents is 1. The van der Waals surface area contributed by atoms with Crippen LogP contribution in [-0.4, -0.2) is 61.0 Å². The number of ether oxygens (including phenoxy) is 2. The number of hydrogen-bond acceptors (Lipinski definition) is 8. The van der Waals surface area contributed by atoms with Gasteiger partial charge in [0.25, 0.3) is 0 Å². The SMILES string of the molecule is COC(=O)[C@H](Cc1ccc(OC)c([N+](=O)[O-])c1)NC(=O)C[C@@H]1NC(=O)[C@H](Cc2ccccc2)NC1=O. The Balaban J connectivity index is 1.63. The van der Waals surface area contributed by atoms with Gasteiger partial charge in [0.2, 0.25) is 17.7 Å². The van der Waals surface area contributed by atoms with Crippen LogP contribution in [0.25, 0.3) is 0 Å². The molecular weight excluding hydrogens is 472 g/mol. The van der Waals surface area contributed by atoms with Crippen LogP contribution in [0.3, 0.4) is 0 Å². The number of nitrogens with zero attached hydrogens (tertiary/aromatic N) is 1. The molecule has 0 aromatic heterocycles. The zero-order valence-electron chi connectivity index (χ0n) is 19.7. The van der Waals surface area contributed by atoms with E-state index in [0.717, 1.165) is 12.7 Å². The molecule has 3 amide bonds. The fourth-order valence-corrected chi connectivity index (χ4v) is 3.83. The maximum atomic E-state index is 12.7. The number of benzene rings is 2. The molecule has 0 bridgehead atoms. The van der Waals surface area contributed by atoms with E-state index in [4.69, 9.17) is 9.47 Å². The molecule has 0 unspecified atom stereocenters. The summed E-state index contributed by atoms with van der Waals surface area (Å²) in [5, 5.41) is 18.9. The summed E-state index contributed by atoms with van der Waals surface area (Å²) in [6.07, 6.45) is -0.215. The Morgan fingerprint density at radius 1 is 1.03 bits per heavy atom. The van der Waals surface area contributed by atoms with Crippen LogP contribution in [0.5, 0.6) is 5.75 Å². The van der Waals surface area contributed by atoms with Crippen LogP contribution in [0.4, 0.5) is 5.69 Å². The molecule has 1 fully saturated rings. The second-order valence-corrected chi connectivity index (χ2v) is 8.13. The summed E-state index contributed by atoms with van der Waals surface area (Å²) in [6.45, 7) is 0. The number of amides is 3. The first kappa shape index (κ1) is 26.1. The summed E-state index contributed by atoms with van der Waals surface area (Å²) < 4.78 is 9.71. The lowest BCUT2D eigenvalue weighted by Gasteiger charge is -2.29. The van der Waals surface area contributed by atoms with Crippen LogP contribution >= 0.6 is 0 Å². The van der Waals surface area contributed by atoms with E-state index in [1.54, 1.807) is 0 Å². The summed E-state index contributed by atoms with van der Waals surface area (Å²) >= 11 is 0. The van der Waals surface area contributed by atoms with E-state index in [1.807, 2.05) is 30.3 Å². The molecule has 1 saturated heterocycles. The van der Waals surface area contributed by atoms with E-state index in [0.29, 0.717) is 12.0 Å². The van der Waals surface area contributed by atoms with Crippen LogP contribution in [0.2, 0.25) is 0 Å². The molecular formula is C24H26N4O8. The van der Waals surface area contributed by atoms with Crippen LogP contribution in [0.1, 0.15) is 17.5 Å². The number of rotatable bonds is 10. The molecule has 0 aliphatic carbocycles. The summed E-state index contributed by atoms with van der Waals surface area (Å²) in [7, 11) is 2.43. The van der Waals surface area contributed by atoms with Gasteiger partial charge in [0, 0.05) is 18.9 Å². The molecule has 2 aromatic rings. The fourth-order valence-electron chi connectivity index (χ4n) is 3.83. The van der Waals surface area contributed by atoms with E-state index in [1.165, 1.54) is 25.3 Å². The molecule has 0 saturated carbocycles. The number of piperazine rings is 1. The Bertz CT molecular complexity index is 1150. The van der Waals surface area contributed by atoms with Gasteiger partial charge in [-0.2, -0.15) is 0 Å². The van der Waals surface area contributed by atoms with Crippen molar-refractivity contribution in [3.63, 3.8) is 0 Å². The first-order valence-corrected chi connectivity index (χ1v) is 11.0. The average Bonchev–Trinajstić information content (AvgIpc) is 2.86. The van der Waals surface area contributed by atoms with Crippen molar-refractivity contribution in [3.8, 4) is 5.75 Å². The third-order valence-electron chi connectivity index (χ3n) is 5.64. The molecule has 2 aromatic carbocycles. The number of nitro groups is 1. The number of nitrogens with one attached hydrogen (secondary N) is 3. The molecule has 36 heavy (non-hydrogen) atoms. The largest absolute Gasteiger partial charge is 0.490 e. The number of carbonyl (C=O) groups is 4. The van der Waals surface area contributed by atoms with Crippen molar-refractivity contribution in [2.24, 2.45) is 0 Å². The number of methoxy groups -OCH3 is 2. The third kappa shape index (κ3) is 6.56. The summed E-state index contributed by atoms with van der Waals surface area (Å²) in [4.78, 5) is 60.6. The molecule has 190 valence electrons. The molecule has 0 spiro atoms. The highest BCUT2D eigenvalue weighted by molar-refractivity contribution is 5.99. The zero-order valence-corrected chi connectivity index (χ0v) is 19.7. The molecule has 12 heteroatoms. The Labute approximate surface area is 206 Å². The summed E-state index contributed by atoms with van der Waals surface area (Å²) in [6, 6.07) is 10.2. The van der Waals surface area contributed by atoms with Gasteiger partial charge < -0.3 is 25.4 Å². The van der Waals surface area contributed by atoms with Gasteiger partial charge in [0.05, 0.1) is 25.6 Å². The Morgan fingerprint density at radius 2 is 1.69 bits per heavy atom. The standard InChI is InChI=1S/C24H26N4O8/c1-35-20-9-8-15(12-19(20)28(33)34)11-18(24(32)36-2)25-21(29)13-17-23(31)26-16(22(30)27-17)10-14-6-4-3-5-7-14/h3-9,12,16-18H,10-11,13H2,1-2H3,(H,25,29)(H,26,31)(H,27,30)/t16-,17-,18-/m0/s1. The van der Waals surface area contributed by atoms with Gasteiger partial charge in [-0.25, -0.2) is 4.79 Å². The number of esters is 1. The topological polar surface area (TPSA) is 166 Å². The zero-order chi connectivity index (χ0) is 26.2. The fraction of sp³-hybridized carbons (Fsp3) is 0.333. The van der Waals surface area contributed by atoms with Gasteiger partial charge in [-0.15, -0.1) is 0 Å². The minimum atomic E-state index is -1.18. The van der Waals surface area contributed by atoms with Crippen LogP contribution < -0.4 is 20.7 Å². The normalized spacial score (nSPS) is 17.8. The maximum Gasteiger partial charge on any atom is 0.328 e. The van der Waals surface area contributed by atoms with E-state index in [9.17, 15) is 29.3 Å². The minimum absolute atomic E-state index is 0.0482. The third-order valence-corrected chi connectivity index (χ3v) is 5.64. The lowest BCUT2D eigenvalue weighted by molar-refractivity contribution is -0.385. The van der Waals surface area contributed by atoms with Gasteiger partial charge in [-0.1, -0.05) is 36.4 Å². The second-order valence-electron chi connectivity index (χ2n) is 8.13.